The van der Waals surface area contributed by atoms with Crippen LogP contribution in [0.25, 0.3) is 0 Å². The van der Waals surface area contributed by atoms with Gasteiger partial charge in [0.25, 0.3) is 0 Å². The topological polar surface area (TPSA) is 63.6 Å². The number of thioether (sulfide) groups is 1. The number of alkyl halides is 2. The number of rotatable bonds is 7. The van der Waals surface area contributed by atoms with E-state index in [1.54, 1.807) is 6.92 Å². The smallest absolute Gasteiger partial charge is 0.320 e. The zero-order valence-corrected chi connectivity index (χ0v) is 16.2. The van der Waals surface area contributed by atoms with Crippen LogP contribution in [-0.4, -0.2) is 16.1 Å². The SMILES string of the molecule is CCC(C)OP(=O)(O)C(F)(F)c1ccc(CSC(C)=O)cc1Br. The second kappa shape index (κ2) is 8.21. The largest absolute Gasteiger partial charge is 0.402 e. The van der Waals surface area contributed by atoms with E-state index in [1.807, 2.05) is 0 Å². The average Bonchev–Trinajstić information content (AvgIpc) is 2.44. The number of carbonyl (C=O) groups is 1. The van der Waals surface area contributed by atoms with Crippen LogP contribution in [0.4, 0.5) is 8.78 Å². The molecular weight excluding hydrogens is 413 g/mol. The van der Waals surface area contributed by atoms with E-state index < -0.39 is 24.9 Å². The highest BCUT2D eigenvalue weighted by Gasteiger charge is 2.54. The fourth-order valence-corrected chi connectivity index (χ4v) is 4.26. The van der Waals surface area contributed by atoms with Gasteiger partial charge in [0.2, 0.25) is 0 Å². The van der Waals surface area contributed by atoms with E-state index in [1.165, 1.54) is 26.0 Å². The van der Waals surface area contributed by atoms with Crippen molar-refractivity contribution in [3.05, 3.63) is 33.8 Å². The lowest BCUT2D eigenvalue weighted by Gasteiger charge is -2.25. The molecule has 0 aliphatic rings. The first-order valence-electron chi connectivity index (χ1n) is 6.82. The van der Waals surface area contributed by atoms with Crippen molar-refractivity contribution in [1.29, 1.82) is 0 Å². The molecule has 130 valence electrons. The van der Waals surface area contributed by atoms with Crippen molar-refractivity contribution in [2.24, 2.45) is 0 Å². The van der Waals surface area contributed by atoms with Gasteiger partial charge in [-0.3, -0.25) is 9.36 Å². The summed E-state index contributed by atoms with van der Waals surface area (Å²) in [6, 6.07) is 3.87. The molecule has 0 aromatic heterocycles. The number of benzene rings is 1. The Balaban J connectivity index is 3.08. The molecule has 0 bridgehead atoms. The molecule has 0 radical (unpaired) electrons. The van der Waals surface area contributed by atoms with Gasteiger partial charge < -0.3 is 9.42 Å². The zero-order valence-electron chi connectivity index (χ0n) is 12.9. The molecular formula is C14H18BrF2O4PS. The highest BCUT2D eigenvalue weighted by molar-refractivity contribution is 9.10. The fraction of sp³-hybridized carbons (Fsp3) is 0.500. The third-order valence-electron chi connectivity index (χ3n) is 3.05. The Hall–Kier alpha value is -0.270. The molecule has 1 N–H and O–H groups in total. The Kier molecular flexibility index (Phi) is 7.41. The van der Waals surface area contributed by atoms with E-state index >= 15 is 0 Å². The molecule has 4 nitrogen and oxygen atoms in total. The molecule has 0 amide bonds. The molecule has 1 aromatic carbocycles. The van der Waals surface area contributed by atoms with Gasteiger partial charge >= 0.3 is 13.3 Å². The third-order valence-corrected chi connectivity index (χ3v) is 6.19. The normalized spacial score (nSPS) is 16.0. The maximum atomic E-state index is 14.4. The molecule has 0 aliphatic heterocycles. The van der Waals surface area contributed by atoms with Crippen molar-refractivity contribution >= 4 is 40.4 Å². The van der Waals surface area contributed by atoms with E-state index in [4.69, 9.17) is 0 Å². The minimum atomic E-state index is -5.19. The van der Waals surface area contributed by atoms with Gasteiger partial charge in [-0.2, -0.15) is 8.78 Å². The standard InChI is InChI=1S/C14H18BrF2O4PS/c1-4-9(2)21-22(19,20)14(16,17)12-6-5-11(7-13(12)15)8-23-10(3)18/h5-7,9H,4,8H2,1-3H3,(H,19,20). The van der Waals surface area contributed by atoms with E-state index in [0.29, 0.717) is 17.7 Å². The molecule has 0 saturated heterocycles. The Morgan fingerprint density at radius 2 is 2.13 bits per heavy atom. The highest BCUT2D eigenvalue weighted by atomic mass is 79.9. The zero-order chi connectivity index (χ0) is 17.8. The molecule has 1 rings (SSSR count). The van der Waals surface area contributed by atoms with Gasteiger partial charge in [-0.25, -0.2) is 0 Å². The average molecular weight is 431 g/mol. The first kappa shape index (κ1) is 20.8. The summed E-state index contributed by atoms with van der Waals surface area (Å²) in [6.45, 7) is 4.53. The summed E-state index contributed by atoms with van der Waals surface area (Å²) in [5.41, 5.74) is -4.02. The van der Waals surface area contributed by atoms with Crippen LogP contribution in [0.5, 0.6) is 0 Å². The van der Waals surface area contributed by atoms with Gasteiger partial charge in [0.1, 0.15) is 0 Å². The maximum absolute atomic E-state index is 14.4. The maximum Gasteiger partial charge on any atom is 0.402 e. The Bertz CT molecular complexity index is 627. The van der Waals surface area contributed by atoms with Crippen LogP contribution in [0.15, 0.2) is 22.7 Å². The van der Waals surface area contributed by atoms with Gasteiger partial charge in [-0.15, -0.1) is 0 Å². The lowest BCUT2D eigenvalue weighted by atomic mass is 10.1. The van der Waals surface area contributed by atoms with Crippen molar-refractivity contribution in [2.75, 3.05) is 0 Å². The van der Waals surface area contributed by atoms with Crippen LogP contribution in [0.3, 0.4) is 0 Å². The Labute approximate surface area is 146 Å². The summed E-state index contributed by atoms with van der Waals surface area (Å²) < 4.78 is 45.4. The van der Waals surface area contributed by atoms with Gasteiger partial charge in [-0.1, -0.05) is 46.7 Å². The van der Waals surface area contributed by atoms with E-state index in [2.05, 4.69) is 20.5 Å². The predicted molar refractivity (Wildman–Crippen MR) is 90.7 cm³/mol. The van der Waals surface area contributed by atoms with Crippen LogP contribution < -0.4 is 0 Å². The number of hydrogen-bond acceptors (Lipinski definition) is 4. The Morgan fingerprint density at radius 3 is 2.61 bits per heavy atom. The monoisotopic (exact) mass is 430 g/mol. The van der Waals surface area contributed by atoms with Gasteiger partial charge in [0, 0.05) is 22.7 Å². The Morgan fingerprint density at radius 1 is 1.52 bits per heavy atom. The lowest BCUT2D eigenvalue weighted by molar-refractivity contribution is -0.109. The summed E-state index contributed by atoms with van der Waals surface area (Å²) in [5, 5.41) is -0.0858. The van der Waals surface area contributed by atoms with Crippen molar-refractivity contribution in [3.63, 3.8) is 0 Å². The molecule has 9 heteroatoms. The minimum absolute atomic E-state index is 0.00817. The van der Waals surface area contributed by atoms with Crippen molar-refractivity contribution in [1.82, 2.24) is 0 Å². The summed E-state index contributed by atoms with van der Waals surface area (Å²) in [5.74, 6) is 0.333. The third kappa shape index (κ3) is 5.36. The van der Waals surface area contributed by atoms with Crippen LogP contribution in [-0.2, 0) is 25.3 Å². The summed E-state index contributed by atoms with van der Waals surface area (Å²) in [6.07, 6.45) is -0.426. The van der Waals surface area contributed by atoms with Crippen LogP contribution in [0.2, 0.25) is 0 Å². The molecule has 0 spiro atoms. The van der Waals surface area contributed by atoms with Gasteiger partial charge in [0.05, 0.1) is 6.10 Å². The van der Waals surface area contributed by atoms with Gasteiger partial charge in [-0.05, 0) is 25.0 Å². The van der Waals surface area contributed by atoms with Crippen molar-refractivity contribution < 1.29 is 27.6 Å². The number of carbonyl (C=O) groups excluding carboxylic acids is 1. The highest BCUT2D eigenvalue weighted by Crippen LogP contribution is 2.64. The van der Waals surface area contributed by atoms with Crippen LogP contribution in [0, 0.1) is 0 Å². The molecule has 1 aromatic rings. The first-order valence-corrected chi connectivity index (χ1v) is 10.2. The minimum Gasteiger partial charge on any atom is -0.320 e. The van der Waals surface area contributed by atoms with Crippen LogP contribution in [0.1, 0.15) is 38.3 Å². The number of hydrogen-bond donors (Lipinski definition) is 1. The molecule has 23 heavy (non-hydrogen) atoms. The van der Waals surface area contributed by atoms with E-state index in [-0.39, 0.29) is 9.59 Å². The van der Waals surface area contributed by atoms with E-state index in [0.717, 1.165) is 17.8 Å². The van der Waals surface area contributed by atoms with Crippen LogP contribution >= 0.6 is 35.3 Å². The molecule has 0 saturated carbocycles. The molecule has 2 unspecified atom stereocenters. The second-order valence-electron chi connectivity index (χ2n) is 4.98. The van der Waals surface area contributed by atoms with E-state index in [9.17, 15) is 23.0 Å². The molecule has 2 atom stereocenters. The van der Waals surface area contributed by atoms with Gasteiger partial charge in [0.15, 0.2) is 5.12 Å². The summed E-state index contributed by atoms with van der Waals surface area (Å²) in [7, 11) is -5.19. The van der Waals surface area contributed by atoms with Crippen molar-refractivity contribution in [3.8, 4) is 0 Å². The lowest BCUT2D eigenvalue weighted by Crippen LogP contribution is -2.19. The van der Waals surface area contributed by atoms with Crippen molar-refractivity contribution in [2.45, 2.75) is 44.7 Å². The predicted octanol–water partition coefficient (Wildman–Crippen LogP) is 5.28. The first-order chi connectivity index (χ1) is 10.5. The second-order valence-corrected chi connectivity index (χ2v) is 8.80. The summed E-state index contributed by atoms with van der Waals surface area (Å²) in [4.78, 5) is 20.6. The fourth-order valence-electron chi connectivity index (χ4n) is 1.61. The molecule has 0 aliphatic carbocycles. The molecule has 0 fully saturated rings. The molecule has 0 heterocycles. The quantitative estimate of drug-likeness (QED) is 0.596. The number of halogens is 3. The summed E-state index contributed by atoms with van der Waals surface area (Å²) >= 11 is 4.05.